The number of halogens is 1. The van der Waals surface area contributed by atoms with Gasteiger partial charge in [-0.25, -0.2) is 35.4 Å². The number of ether oxygens (including phenoxy) is 1. The number of nitrogens with zero attached hydrogens (tertiary/aromatic N) is 6. The first kappa shape index (κ1) is 33.5. The van der Waals surface area contributed by atoms with E-state index in [1.54, 1.807) is 36.4 Å². The summed E-state index contributed by atoms with van der Waals surface area (Å²) >= 11 is 5.68. The van der Waals surface area contributed by atoms with Crippen LogP contribution < -0.4 is 13.3 Å². The highest BCUT2D eigenvalue weighted by atomic mass is 35.5. The number of benzene rings is 2. The molecule has 2 aliphatic carbocycles. The van der Waals surface area contributed by atoms with E-state index in [0.717, 1.165) is 43.2 Å². The lowest BCUT2D eigenvalue weighted by Gasteiger charge is -2.25. The molecule has 0 amide bonds. The van der Waals surface area contributed by atoms with E-state index < -0.39 is 20.0 Å². The Hall–Kier alpha value is -3.85. The number of rotatable bonds is 4. The SMILES string of the molecule is C.O=S1(=O)c2ccccc2CN1c1ccnc(Cl)n1.O=S1(=O)c2ccccc2CN1c1ccnc(OC2CCC2)n1.OC1CCC1. The Labute approximate surface area is 274 Å². The molecule has 2 saturated carbocycles. The van der Waals surface area contributed by atoms with Gasteiger partial charge in [0, 0.05) is 24.5 Å². The largest absolute Gasteiger partial charge is 0.460 e. The molecule has 4 heterocycles. The van der Waals surface area contributed by atoms with E-state index in [1.165, 1.54) is 33.5 Å². The molecular formula is C31H35ClN6O6S2. The van der Waals surface area contributed by atoms with Crippen LogP contribution in [-0.2, 0) is 33.1 Å². The standard InChI is InChI=1S/C15H15N3O3S.C11H8ClN3O2S.C4H8O.CH4/c19-22(20)13-7-2-1-4-11(13)10-18(22)14-8-9-16-15(17-14)21-12-5-3-6-12;12-11-13-6-5-10(14-11)15-7-8-3-1-2-4-9(8)18(15,16)17;5-4-2-1-3-4;/h1-2,4,7-9,12H,3,5-6,10H2;1-6H,7H2;4-5H,1-3H2;1H4. The fourth-order valence-corrected chi connectivity index (χ4v) is 8.27. The highest BCUT2D eigenvalue weighted by molar-refractivity contribution is 7.93. The molecule has 2 aromatic carbocycles. The van der Waals surface area contributed by atoms with Crippen molar-refractivity contribution in [2.24, 2.45) is 0 Å². The van der Waals surface area contributed by atoms with Gasteiger partial charge in [-0.05, 0) is 73.4 Å². The van der Waals surface area contributed by atoms with Gasteiger partial charge < -0.3 is 9.84 Å². The Bertz CT molecular complexity index is 1900. The molecule has 2 aliphatic heterocycles. The summed E-state index contributed by atoms with van der Waals surface area (Å²) in [5.41, 5.74) is 1.54. The molecule has 0 unspecified atom stereocenters. The predicted molar refractivity (Wildman–Crippen MR) is 174 cm³/mol. The van der Waals surface area contributed by atoms with Gasteiger partial charge in [0.25, 0.3) is 20.0 Å². The number of aliphatic hydroxyl groups excluding tert-OH is 1. The summed E-state index contributed by atoms with van der Waals surface area (Å²) < 4.78 is 58.0. The van der Waals surface area contributed by atoms with Crippen LogP contribution in [0, 0.1) is 0 Å². The monoisotopic (exact) mass is 686 g/mol. The van der Waals surface area contributed by atoms with Gasteiger partial charge in [0.15, 0.2) is 0 Å². The molecule has 244 valence electrons. The third-order valence-corrected chi connectivity index (χ3v) is 11.7. The van der Waals surface area contributed by atoms with Crippen molar-refractivity contribution in [2.75, 3.05) is 8.61 Å². The minimum Gasteiger partial charge on any atom is -0.460 e. The maximum Gasteiger partial charge on any atom is 0.318 e. The van der Waals surface area contributed by atoms with Crippen LogP contribution in [0.1, 0.15) is 57.1 Å². The Kier molecular flexibility index (Phi) is 10.1. The first-order valence-electron chi connectivity index (χ1n) is 14.5. The Morgan fingerprint density at radius 1 is 0.717 bits per heavy atom. The topological polar surface area (TPSA) is 156 Å². The molecule has 0 spiro atoms. The zero-order chi connectivity index (χ0) is 31.6. The summed E-state index contributed by atoms with van der Waals surface area (Å²) in [4.78, 5) is 16.7. The zero-order valence-electron chi connectivity index (χ0n) is 24.1. The normalized spacial score (nSPS) is 18.7. The number of aliphatic hydroxyl groups is 1. The molecule has 0 saturated heterocycles. The molecule has 4 aliphatic rings. The van der Waals surface area contributed by atoms with E-state index in [-0.39, 0.29) is 43.3 Å². The average molecular weight is 687 g/mol. The van der Waals surface area contributed by atoms with E-state index in [1.807, 2.05) is 18.2 Å². The van der Waals surface area contributed by atoms with Gasteiger partial charge in [-0.15, -0.1) is 0 Å². The van der Waals surface area contributed by atoms with Crippen molar-refractivity contribution >= 4 is 43.3 Å². The first-order valence-corrected chi connectivity index (χ1v) is 17.8. The molecule has 0 atom stereocenters. The molecule has 46 heavy (non-hydrogen) atoms. The molecule has 1 N–H and O–H groups in total. The van der Waals surface area contributed by atoms with Crippen LogP contribution in [0.15, 0.2) is 82.8 Å². The minimum atomic E-state index is -3.55. The quantitative estimate of drug-likeness (QED) is 0.286. The number of aromatic nitrogens is 4. The predicted octanol–water partition coefficient (Wildman–Crippen LogP) is 5.12. The molecule has 8 rings (SSSR count). The fraction of sp³-hybridized carbons (Fsp3) is 0.355. The lowest BCUT2D eigenvalue weighted by Crippen LogP contribution is -2.27. The second-order valence-corrected chi connectivity index (χ2v) is 14.9. The van der Waals surface area contributed by atoms with Crippen molar-refractivity contribution in [3.8, 4) is 6.01 Å². The maximum absolute atomic E-state index is 12.6. The van der Waals surface area contributed by atoms with Crippen molar-refractivity contribution in [3.63, 3.8) is 0 Å². The smallest absolute Gasteiger partial charge is 0.318 e. The van der Waals surface area contributed by atoms with Gasteiger partial charge >= 0.3 is 6.01 Å². The number of fused-ring (bicyclic) bond motifs is 2. The summed E-state index contributed by atoms with van der Waals surface area (Å²) in [6.07, 6.45) is 9.67. The van der Waals surface area contributed by atoms with Crippen molar-refractivity contribution < 1.29 is 26.7 Å². The van der Waals surface area contributed by atoms with E-state index in [9.17, 15) is 16.8 Å². The fourth-order valence-electron chi connectivity index (χ4n) is 4.91. The van der Waals surface area contributed by atoms with Gasteiger partial charge in [0.2, 0.25) is 5.28 Å². The lowest BCUT2D eigenvalue weighted by molar-refractivity contribution is 0.0950. The van der Waals surface area contributed by atoms with Crippen LogP contribution in [-0.4, -0.2) is 54.1 Å². The second kappa shape index (κ2) is 13.9. The van der Waals surface area contributed by atoms with E-state index in [4.69, 9.17) is 21.4 Å². The molecule has 12 nitrogen and oxygen atoms in total. The van der Waals surface area contributed by atoms with Crippen molar-refractivity contribution in [2.45, 2.75) is 81.0 Å². The van der Waals surface area contributed by atoms with Gasteiger partial charge in [-0.2, -0.15) is 9.97 Å². The highest BCUT2D eigenvalue weighted by Crippen LogP contribution is 2.35. The van der Waals surface area contributed by atoms with E-state index >= 15 is 0 Å². The van der Waals surface area contributed by atoms with Crippen molar-refractivity contribution in [3.05, 3.63) is 89.5 Å². The van der Waals surface area contributed by atoms with Crippen LogP contribution in [0.25, 0.3) is 0 Å². The molecule has 0 bridgehead atoms. The van der Waals surface area contributed by atoms with Crippen molar-refractivity contribution in [1.29, 1.82) is 0 Å². The average Bonchev–Trinajstić information content (AvgIpc) is 3.44. The van der Waals surface area contributed by atoms with Crippen LogP contribution >= 0.6 is 11.6 Å². The van der Waals surface area contributed by atoms with Gasteiger partial charge in [-0.3, -0.25) is 0 Å². The third-order valence-electron chi connectivity index (χ3n) is 7.85. The lowest BCUT2D eigenvalue weighted by atomic mass is 9.96. The van der Waals surface area contributed by atoms with E-state index in [2.05, 4.69) is 19.9 Å². The molecular weight excluding hydrogens is 652 g/mol. The molecule has 0 radical (unpaired) electrons. The third kappa shape index (κ3) is 6.94. The molecule has 15 heteroatoms. The van der Waals surface area contributed by atoms with Crippen LogP contribution in [0.4, 0.5) is 11.6 Å². The summed E-state index contributed by atoms with van der Waals surface area (Å²) in [7, 11) is -7.08. The number of sulfonamides is 2. The van der Waals surface area contributed by atoms with Gasteiger partial charge in [0.1, 0.15) is 17.7 Å². The summed E-state index contributed by atoms with van der Waals surface area (Å²) in [6, 6.07) is 17.3. The van der Waals surface area contributed by atoms with E-state index in [0.29, 0.717) is 22.2 Å². The minimum absolute atomic E-state index is 0. The molecule has 4 aromatic rings. The summed E-state index contributed by atoms with van der Waals surface area (Å²) in [5, 5.41) is 8.47. The Morgan fingerprint density at radius 3 is 1.63 bits per heavy atom. The van der Waals surface area contributed by atoms with Crippen LogP contribution in [0.2, 0.25) is 5.28 Å². The van der Waals surface area contributed by atoms with Crippen molar-refractivity contribution in [1.82, 2.24) is 19.9 Å². The highest BCUT2D eigenvalue weighted by Gasteiger charge is 2.36. The zero-order valence-corrected chi connectivity index (χ0v) is 26.5. The Balaban J connectivity index is 0.000000156. The maximum atomic E-state index is 12.6. The first-order chi connectivity index (χ1) is 21.6. The van der Waals surface area contributed by atoms with Crippen LogP contribution in [0.5, 0.6) is 6.01 Å². The summed E-state index contributed by atoms with van der Waals surface area (Å²) in [6.45, 7) is 0.560. The van der Waals surface area contributed by atoms with Gasteiger partial charge in [0.05, 0.1) is 29.0 Å². The van der Waals surface area contributed by atoms with Crippen LogP contribution in [0.3, 0.4) is 0 Å². The Morgan fingerprint density at radius 2 is 1.20 bits per heavy atom. The number of anilines is 2. The number of hydrogen-bond donors (Lipinski definition) is 1. The molecule has 2 fully saturated rings. The summed E-state index contributed by atoms with van der Waals surface area (Å²) in [5.74, 6) is 0.631. The second-order valence-electron chi connectivity index (χ2n) is 10.9. The molecule has 2 aromatic heterocycles. The number of hydrogen-bond acceptors (Lipinski definition) is 10. The van der Waals surface area contributed by atoms with Gasteiger partial charge in [-0.1, -0.05) is 43.8 Å².